The molecule has 0 saturated heterocycles. The number of aryl methyl sites for hydroxylation is 1. The SMILES string of the molecule is C=CCc1cc(C)c(O)c(-c2cc(CC=C)cc(Cl)c2O)c1. The molecule has 0 radical (unpaired) electrons. The number of hydrogen-bond acceptors (Lipinski definition) is 2. The van der Waals surface area contributed by atoms with Gasteiger partial charge in [-0.1, -0.05) is 29.8 Å². The molecular weight excluding hydrogens is 296 g/mol. The van der Waals surface area contributed by atoms with Crippen LogP contribution in [0.4, 0.5) is 0 Å². The highest BCUT2D eigenvalue weighted by atomic mass is 35.5. The van der Waals surface area contributed by atoms with Crippen molar-refractivity contribution in [3.63, 3.8) is 0 Å². The Labute approximate surface area is 136 Å². The highest BCUT2D eigenvalue weighted by Crippen LogP contribution is 2.42. The molecule has 0 fully saturated rings. The highest BCUT2D eigenvalue weighted by molar-refractivity contribution is 6.32. The first-order chi connectivity index (χ1) is 10.5. The molecular formula is C19H19ClO2. The van der Waals surface area contributed by atoms with Crippen LogP contribution in [0.2, 0.25) is 5.02 Å². The van der Waals surface area contributed by atoms with Crippen molar-refractivity contribution in [2.45, 2.75) is 19.8 Å². The number of allylic oxidation sites excluding steroid dienone is 2. The number of halogens is 1. The van der Waals surface area contributed by atoms with Gasteiger partial charge in [-0.05, 0) is 54.7 Å². The van der Waals surface area contributed by atoms with Gasteiger partial charge in [-0.2, -0.15) is 0 Å². The molecule has 0 aliphatic rings. The fourth-order valence-corrected chi connectivity index (χ4v) is 2.73. The lowest BCUT2D eigenvalue weighted by atomic mass is 9.95. The third kappa shape index (κ3) is 3.18. The van der Waals surface area contributed by atoms with Crippen LogP contribution in [-0.2, 0) is 12.8 Å². The number of hydrogen-bond donors (Lipinski definition) is 2. The number of rotatable bonds is 5. The summed E-state index contributed by atoms with van der Waals surface area (Å²) in [4.78, 5) is 0. The second kappa shape index (κ2) is 6.71. The van der Waals surface area contributed by atoms with E-state index in [2.05, 4.69) is 13.2 Å². The van der Waals surface area contributed by atoms with Gasteiger partial charge >= 0.3 is 0 Å². The Morgan fingerprint density at radius 2 is 1.41 bits per heavy atom. The Kier molecular flexibility index (Phi) is 4.94. The predicted octanol–water partition coefficient (Wildman–Crippen LogP) is 5.18. The second-order valence-electron chi connectivity index (χ2n) is 5.27. The first kappa shape index (κ1) is 16.2. The van der Waals surface area contributed by atoms with E-state index >= 15 is 0 Å². The lowest BCUT2D eigenvalue weighted by Gasteiger charge is -2.14. The van der Waals surface area contributed by atoms with Crippen molar-refractivity contribution in [3.05, 3.63) is 71.3 Å². The van der Waals surface area contributed by atoms with E-state index in [4.69, 9.17) is 11.6 Å². The summed E-state index contributed by atoms with van der Waals surface area (Å²) in [5.41, 5.74) is 3.79. The Morgan fingerprint density at radius 3 is 1.95 bits per heavy atom. The fraction of sp³-hybridized carbons (Fsp3) is 0.158. The van der Waals surface area contributed by atoms with Crippen LogP contribution in [0.15, 0.2) is 49.6 Å². The van der Waals surface area contributed by atoms with Gasteiger partial charge in [0.05, 0.1) is 5.02 Å². The van der Waals surface area contributed by atoms with Crippen molar-refractivity contribution in [1.29, 1.82) is 0 Å². The predicted molar refractivity (Wildman–Crippen MR) is 92.8 cm³/mol. The molecule has 0 aliphatic carbocycles. The van der Waals surface area contributed by atoms with E-state index < -0.39 is 0 Å². The molecule has 0 saturated carbocycles. The monoisotopic (exact) mass is 314 g/mol. The van der Waals surface area contributed by atoms with Crippen LogP contribution in [0.25, 0.3) is 11.1 Å². The maximum atomic E-state index is 10.4. The Bertz CT molecular complexity index is 669. The molecule has 0 spiro atoms. The van der Waals surface area contributed by atoms with Crippen molar-refractivity contribution >= 4 is 11.6 Å². The summed E-state index contributed by atoms with van der Waals surface area (Å²) in [5.74, 6) is 0.120. The summed E-state index contributed by atoms with van der Waals surface area (Å²) in [6.45, 7) is 9.28. The first-order valence-corrected chi connectivity index (χ1v) is 7.41. The van der Waals surface area contributed by atoms with Crippen LogP contribution in [0, 0.1) is 6.92 Å². The van der Waals surface area contributed by atoms with E-state index in [1.165, 1.54) is 0 Å². The van der Waals surface area contributed by atoms with Crippen molar-refractivity contribution in [2.75, 3.05) is 0 Å². The maximum Gasteiger partial charge on any atom is 0.142 e. The molecule has 2 N–H and O–H groups in total. The molecule has 2 aromatic rings. The lowest BCUT2D eigenvalue weighted by molar-refractivity contribution is 0.466. The number of benzene rings is 2. The van der Waals surface area contributed by atoms with Crippen molar-refractivity contribution < 1.29 is 10.2 Å². The van der Waals surface area contributed by atoms with Gasteiger partial charge in [-0.25, -0.2) is 0 Å². The van der Waals surface area contributed by atoms with Crippen LogP contribution >= 0.6 is 11.6 Å². The van der Waals surface area contributed by atoms with Crippen LogP contribution in [0.5, 0.6) is 11.5 Å². The summed E-state index contributed by atoms with van der Waals surface area (Å²) in [6.07, 6.45) is 4.90. The van der Waals surface area contributed by atoms with Crippen molar-refractivity contribution in [1.82, 2.24) is 0 Å². The highest BCUT2D eigenvalue weighted by Gasteiger charge is 2.15. The van der Waals surface area contributed by atoms with Crippen LogP contribution in [-0.4, -0.2) is 10.2 Å². The maximum absolute atomic E-state index is 10.4. The van der Waals surface area contributed by atoms with Gasteiger partial charge in [0.25, 0.3) is 0 Å². The van der Waals surface area contributed by atoms with Gasteiger partial charge in [0, 0.05) is 11.1 Å². The number of phenolic OH excluding ortho intramolecular Hbond substituents is 2. The smallest absolute Gasteiger partial charge is 0.142 e. The average molecular weight is 315 g/mol. The van der Waals surface area contributed by atoms with E-state index in [-0.39, 0.29) is 16.5 Å². The fourth-order valence-electron chi connectivity index (χ4n) is 2.49. The van der Waals surface area contributed by atoms with Gasteiger partial charge in [0.15, 0.2) is 0 Å². The molecule has 0 bridgehead atoms. The van der Waals surface area contributed by atoms with Crippen LogP contribution < -0.4 is 0 Å². The molecule has 2 rings (SSSR count). The van der Waals surface area contributed by atoms with Crippen LogP contribution in [0.3, 0.4) is 0 Å². The van der Waals surface area contributed by atoms with E-state index in [0.717, 1.165) is 16.7 Å². The second-order valence-corrected chi connectivity index (χ2v) is 5.68. The van der Waals surface area contributed by atoms with Gasteiger partial charge < -0.3 is 10.2 Å². The van der Waals surface area contributed by atoms with Crippen molar-refractivity contribution in [2.24, 2.45) is 0 Å². The quantitative estimate of drug-likeness (QED) is 0.746. The molecule has 2 aromatic carbocycles. The molecule has 0 aliphatic heterocycles. The minimum absolute atomic E-state index is 0.0278. The summed E-state index contributed by atoms with van der Waals surface area (Å²) >= 11 is 6.12. The van der Waals surface area contributed by atoms with E-state index in [1.807, 2.05) is 25.1 Å². The summed E-state index contributed by atoms with van der Waals surface area (Å²) < 4.78 is 0. The van der Waals surface area contributed by atoms with Gasteiger partial charge in [0.2, 0.25) is 0 Å². The molecule has 2 nitrogen and oxygen atoms in total. The first-order valence-electron chi connectivity index (χ1n) is 7.04. The number of phenols is 2. The van der Waals surface area contributed by atoms with Crippen molar-refractivity contribution in [3.8, 4) is 22.6 Å². The molecule has 0 aromatic heterocycles. The molecule has 0 unspecified atom stereocenters. The van der Waals surface area contributed by atoms with Gasteiger partial charge in [-0.3, -0.25) is 0 Å². The number of aromatic hydroxyl groups is 2. The van der Waals surface area contributed by atoms with E-state index in [1.54, 1.807) is 18.2 Å². The standard InChI is InChI=1S/C19H19ClO2/c1-4-6-13-8-12(3)18(21)15(9-13)16-10-14(7-5-2)11-17(20)19(16)22/h4-5,8-11,21-22H,1-2,6-7H2,3H3. The molecule has 114 valence electrons. The third-order valence-corrected chi connectivity index (χ3v) is 3.82. The third-order valence-electron chi connectivity index (χ3n) is 3.53. The normalized spacial score (nSPS) is 10.5. The molecule has 22 heavy (non-hydrogen) atoms. The zero-order valence-electron chi connectivity index (χ0n) is 12.6. The largest absolute Gasteiger partial charge is 0.507 e. The van der Waals surface area contributed by atoms with E-state index in [0.29, 0.717) is 24.0 Å². The molecule has 0 amide bonds. The summed E-state index contributed by atoms with van der Waals surface area (Å²) in [6, 6.07) is 7.30. The molecule has 0 heterocycles. The Balaban J connectivity index is 2.69. The minimum atomic E-state index is -0.0278. The lowest BCUT2D eigenvalue weighted by Crippen LogP contribution is -1.91. The van der Waals surface area contributed by atoms with E-state index in [9.17, 15) is 10.2 Å². The Hall–Kier alpha value is -2.19. The Morgan fingerprint density at radius 1 is 0.909 bits per heavy atom. The zero-order chi connectivity index (χ0) is 16.3. The van der Waals surface area contributed by atoms with Gasteiger partial charge in [-0.15, -0.1) is 13.2 Å². The summed E-state index contributed by atoms with van der Waals surface area (Å²) in [7, 11) is 0. The average Bonchev–Trinajstić information content (AvgIpc) is 2.47. The summed E-state index contributed by atoms with van der Waals surface area (Å²) in [5, 5.41) is 20.9. The molecule has 0 atom stereocenters. The minimum Gasteiger partial charge on any atom is -0.507 e. The van der Waals surface area contributed by atoms with Crippen LogP contribution in [0.1, 0.15) is 16.7 Å². The molecule has 3 heteroatoms. The van der Waals surface area contributed by atoms with Gasteiger partial charge in [0.1, 0.15) is 11.5 Å². The topological polar surface area (TPSA) is 40.5 Å². The zero-order valence-corrected chi connectivity index (χ0v) is 13.3.